The Morgan fingerprint density at radius 3 is 2.12 bits per heavy atom. The van der Waals surface area contributed by atoms with Crippen LogP contribution in [0.1, 0.15) is 26.3 Å². The van der Waals surface area contributed by atoms with E-state index in [1.807, 2.05) is 0 Å². The Bertz CT molecular complexity index is 1540. The smallest absolute Gasteiger partial charge is 0.264 e. The van der Waals surface area contributed by atoms with Crippen LogP contribution in [0.15, 0.2) is 65.6 Å². The number of carbonyl (C=O) groups excluding carboxylic acids is 2. The number of hydrogen-bond acceptors (Lipinski definition) is 6. The zero-order chi connectivity index (χ0) is 31.2. The molecule has 226 valence electrons. The molecule has 0 aromatic heterocycles. The third-order valence-corrected chi connectivity index (χ3v) is 8.78. The third kappa shape index (κ3) is 7.84. The van der Waals surface area contributed by atoms with Crippen LogP contribution in [0.25, 0.3) is 0 Å². The van der Waals surface area contributed by atoms with Crippen molar-refractivity contribution in [2.24, 2.45) is 0 Å². The minimum atomic E-state index is -4.41. The molecule has 0 aliphatic rings. The number of amides is 2. The molecule has 0 aliphatic carbocycles. The molecule has 9 nitrogen and oxygen atoms in total. The summed E-state index contributed by atoms with van der Waals surface area (Å²) in [5, 5.41) is 3.34. The lowest BCUT2D eigenvalue weighted by atomic mass is 10.1. The molecule has 0 spiro atoms. The van der Waals surface area contributed by atoms with Crippen molar-refractivity contribution in [2.45, 2.75) is 44.3 Å². The van der Waals surface area contributed by atoms with Gasteiger partial charge in [0.2, 0.25) is 11.8 Å². The Hall–Kier alpha value is -3.54. The number of anilines is 1. The van der Waals surface area contributed by atoms with Gasteiger partial charge in [-0.05, 0) is 74.9 Å². The van der Waals surface area contributed by atoms with E-state index in [4.69, 9.17) is 32.7 Å². The van der Waals surface area contributed by atoms with Gasteiger partial charge in [-0.1, -0.05) is 29.3 Å². The van der Waals surface area contributed by atoms with Gasteiger partial charge in [0.25, 0.3) is 10.0 Å². The fourth-order valence-electron chi connectivity index (χ4n) is 4.06. The Kier molecular flexibility index (Phi) is 11.1. The first-order valence-electron chi connectivity index (χ1n) is 12.8. The van der Waals surface area contributed by atoms with Crippen molar-refractivity contribution in [1.29, 1.82) is 0 Å². The predicted octanol–water partition coefficient (Wildman–Crippen LogP) is 5.29. The third-order valence-electron chi connectivity index (χ3n) is 6.27. The highest BCUT2D eigenvalue weighted by molar-refractivity contribution is 7.92. The molecule has 0 heterocycles. The van der Waals surface area contributed by atoms with Gasteiger partial charge in [-0.25, -0.2) is 12.8 Å². The minimum absolute atomic E-state index is 0.0355. The number of benzene rings is 3. The molecule has 0 radical (unpaired) electrons. The summed E-state index contributed by atoms with van der Waals surface area (Å²) < 4.78 is 53.1. The molecule has 2 amide bonds. The molecular formula is C29H32Cl2FN3O6S. The maximum Gasteiger partial charge on any atom is 0.264 e. The van der Waals surface area contributed by atoms with Gasteiger partial charge in [0.05, 0.1) is 34.8 Å². The zero-order valence-corrected chi connectivity index (χ0v) is 26.1. The van der Waals surface area contributed by atoms with Gasteiger partial charge in [-0.2, -0.15) is 0 Å². The normalized spacial score (nSPS) is 12.0. The lowest BCUT2D eigenvalue weighted by Gasteiger charge is -2.32. The molecule has 1 unspecified atom stereocenters. The van der Waals surface area contributed by atoms with E-state index in [1.54, 1.807) is 32.0 Å². The number of methoxy groups -OCH3 is 2. The number of rotatable bonds is 12. The molecule has 0 fully saturated rings. The predicted molar refractivity (Wildman–Crippen MR) is 160 cm³/mol. The highest BCUT2D eigenvalue weighted by Crippen LogP contribution is 2.32. The molecule has 0 saturated heterocycles. The van der Waals surface area contributed by atoms with Crippen LogP contribution in [-0.2, 0) is 26.2 Å². The van der Waals surface area contributed by atoms with Crippen LogP contribution in [0.5, 0.6) is 11.5 Å². The van der Waals surface area contributed by atoms with Crippen LogP contribution >= 0.6 is 23.2 Å². The van der Waals surface area contributed by atoms with Gasteiger partial charge < -0.3 is 19.7 Å². The van der Waals surface area contributed by atoms with Crippen LogP contribution in [0, 0.1) is 5.82 Å². The molecule has 42 heavy (non-hydrogen) atoms. The number of carbonyl (C=O) groups is 2. The summed E-state index contributed by atoms with van der Waals surface area (Å²) in [6, 6.07) is 12.2. The van der Waals surface area contributed by atoms with E-state index in [2.05, 4.69) is 5.32 Å². The molecule has 1 N–H and O–H groups in total. The monoisotopic (exact) mass is 639 g/mol. The number of sulfonamides is 1. The lowest BCUT2D eigenvalue weighted by molar-refractivity contribution is -0.139. The van der Waals surface area contributed by atoms with Gasteiger partial charge in [-0.3, -0.25) is 13.9 Å². The van der Waals surface area contributed by atoms with Crippen molar-refractivity contribution in [3.8, 4) is 11.5 Å². The lowest BCUT2D eigenvalue weighted by Crippen LogP contribution is -2.52. The molecule has 0 aliphatic heterocycles. The van der Waals surface area contributed by atoms with Crippen molar-refractivity contribution in [1.82, 2.24) is 10.2 Å². The Balaban J connectivity index is 2.08. The quantitative estimate of drug-likeness (QED) is 0.289. The number of nitrogens with one attached hydrogen (secondary N) is 1. The van der Waals surface area contributed by atoms with Crippen molar-refractivity contribution < 1.29 is 31.9 Å². The molecule has 0 bridgehead atoms. The van der Waals surface area contributed by atoms with Gasteiger partial charge in [0, 0.05) is 18.7 Å². The van der Waals surface area contributed by atoms with Crippen LogP contribution in [0.3, 0.4) is 0 Å². The zero-order valence-electron chi connectivity index (χ0n) is 23.7. The molecule has 3 aromatic rings. The van der Waals surface area contributed by atoms with E-state index in [9.17, 15) is 22.4 Å². The van der Waals surface area contributed by atoms with Crippen molar-refractivity contribution in [2.75, 3.05) is 25.1 Å². The highest BCUT2D eigenvalue weighted by Gasteiger charge is 2.33. The highest BCUT2D eigenvalue weighted by atomic mass is 35.5. The van der Waals surface area contributed by atoms with Crippen LogP contribution in [-0.4, -0.2) is 58.0 Å². The minimum Gasteiger partial charge on any atom is -0.493 e. The number of halogens is 3. The summed E-state index contributed by atoms with van der Waals surface area (Å²) in [4.78, 5) is 28.0. The van der Waals surface area contributed by atoms with E-state index >= 15 is 0 Å². The van der Waals surface area contributed by atoms with Crippen LogP contribution in [0.4, 0.5) is 10.1 Å². The molecular weight excluding hydrogens is 608 g/mol. The Morgan fingerprint density at radius 2 is 1.55 bits per heavy atom. The largest absolute Gasteiger partial charge is 0.493 e. The second-order valence-corrected chi connectivity index (χ2v) is 12.3. The SMILES string of the molecule is COc1ccc(S(=O)(=O)N(CC(=O)N(Cc2ccc(Cl)c(Cl)c2)C(C)C(=O)NC(C)C)c2ccc(F)cc2)cc1OC. The van der Waals surface area contributed by atoms with E-state index in [0.717, 1.165) is 16.4 Å². The fraction of sp³-hybridized carbons (Fsp3) is 0.310. The summed E-state index contributed by atoms with van der Waals surface area (Å²) in [5.41, 5.74) is 0.603. The van der Waals surface area contributed by atoms with E-state index in [1.165, 1.54) is 56.4 Å². The molecule has 3 rings (SSSR count). The van der Waals surface area contributed by atoms with E-state index in [-0.39, 0.29) is 33.9 Å². The average molecular weight is 641 g/mol. The summed E-state index contributed by atoms with van der Waals surface area (Å²) in [6.45, 7) is 4.32. The number of nitrogens with zero attached hydrogens (tertiary/aromatic N) is 2. The summed E-state index contributed by atoms with van der Waals surface area (Å²) in [6.07, 6.45) is 0. The van der Waals surface area contributed by atoms with Gasteiger partial charge in [-0.15, -0.1) is 0 Å². The molecule has 1 atom stereocenters. The second kappa shape index (κ2) is 14.1. The van der Waals surface area contributed by atoms with Gasteiger partial charge >= 0.3 is 0 Å². The van der Waals surface area contributed by atoms with Crippen molar-refractivity contribution in [3.63, 3.8) is 0 Å². The Labute approximate surface area is 255 Å². The maximum atomic E-state index is 14.0. The van der Waals surface area contributed by atoms with Crippen LogP contribution in [0.2, 0.25) is 10.0 Å². The topological polar surface area (TPSA) is 105 Å². The van der Waals surface area contributed by atoms with Gasteiger partial charge in [0.15, 0.2) is 11.5 Å². The summed E-state index contributed by atoms with van der Waals surface area (Å²) in [5.74, 6) is -1.26. The molecule has 3 aromatic carbocycles. The number of ether oxygens (including phenoxy) is 2. The van der Waals surface area contributed by atoms with E-state index < -0.39 is 40.2 Å². The first-order chi connectivity index (χ1) is 19.8. The van der Waals surface area contributed by atoms with Crippen molar-refractivity contribution >= 4 is 50.7 Å². The van der Waals surface area contributed by atoms with Crippen LogP contribution < -0.4 is 19.1 Å². The fourth-order valence-corrected chi connectivity index (χ4v) is 5.81. The second-order valence-electron chi connectivity index (χ2n) is 9.61. The molecule has 13 heteroatoms. The number of hydrogen-bond donors (Lipinski definition) is 1. The van der Waals surface area contributed by atoms with E-state index in [0.29, 0.717) is 16.3 Å². The van der Waals surface area contributed by atoms with Gasteiger partial charge in [0.1, 0.15) is 18.4 Å². The summed E-state index contributed by atoms with van der Waals surface area (Å²) in [7, 11) is -1.64. The standard InChI is InChI=1S/C29H32Cl2FN3O6S/c1-18(2)33-29(37)19(3)34(16-20-6-12-24(30)25(31)14-20)28(36)17-35(22-9-7-21(32)8-10-22)42(38,39)23-11-13-26(40-4)27(15-23)41-5/h6-15,18-19H,16-17H2,1-5H3,(H,33,37). The molecule has 0 saturated carbocycles. The van der Waals surface area contributed by atoms with Crippen molar-refractivity contribution in [3.05, 3.63) is 82.1 Å². The first-order valence-corrected chi connectivity index (χ1v) is 15.0. The maximum absolute atomic E-state index is 14.0. The first kappa shape index (κ1) is 33.0. The average Bonchev–Trinajstić information content (AvgIpc) is 2.95. The Morgan fingerprint density at radius 1 is 0.905 bits per heavy atom. The summed E-state index contributed by atoms with van der Waals surface area (Å²) >= 11 is 12.2.